The van der Waals surface area contributed by atoms with Crippen molar-refractivity contribution in [2.45, 2.75) is 25.6 Å². The predicted octanol–water partition coefficient (Wildman–Crippen LogP) is 0.505. The van der Waals surface area contributed by atoms with Gasteiger partial charge in [0.1, 0.15) is 0 Å². The number of nitrogens with one attached hydrogen (secondary N) is 1. The molecule has 0 aliphatic carbocycles. The Morgan fingerprint density at radius 2 is 2.09 bits per heavy atom. The molecule has 22 heavy (non-hydrogen) atoms. The maximum Gasteiger partial charge on any atom is 0.296 e. The highest BCUT2D eigenvalue weighted by molar-refractivity contribution is 6.06. The number of hydrogen-bond acceptors (Lipinski definition) is 3. The standard InChI is InChI=1S/C17H22N2O3/c1-13-5-4-8-18(11-13)12-19-15-7-3-2-6-14(15)17(16(19)20)21-9-10-22-17/h2-3,6-7,13H,4-5,8-12H2,1H3/p+1/t13-/m0/s1. The number of quaternary nitrogens is 1. The molecule has 5 nitrogen and oxygen atoms in total. The molecule has 3 aliphatic rings. The molecule has 0 aromatic heterocycles. The van der Waals surface area contributed by atoms with Crippen molar-refractivity contribution in [1.82, 2.24) is 0 Å². The van der Waals surface area contributed by atoms with Crippen molar-refractivity contribution in [2.24, 2.45) is 5.92 Å². The van der Waals surface area contributed by atoms with Gasteiger partial charge in [0.2, 0.25) is 0 Å². The molecular weight excluding hydrogens is 280 g/mol. The number of hydrogen-bond donors (Lipinski definition) is 1. The maximum atomic E-state index is 13.0. The third-order valence-electron chi connectivity index (χ3n) is 5.02. The molecule has 3 heterocycles. The Bertz CT molecular complexity index is 583. The van der Waals surface area contributed by atoms with Crippen LogP contribution in [0, 0.1) is 5.92 Å². The molecule has 0 radical (unpaired) electrons. The molecule has 1 N–H and O–H groups in total. The van der Waals surface area contributed by atoms with Gasteiger partial charge in [0.25, 0.3) is 11.7 Å². The first-order valence-corrected chi connectivity index (χ1v) is 8.24. The van der Waals surface area contributed by atoms with Crippen LogP contribution in [0.5, 0.6) is 0 Å². The summed E-state index contributed by atoms with van der Waals surface area (Å²) in [7, 11) is 0. The van der Waals surface area contributed by atoms with Crippen LogP contribution < -0.4 is 9.80 Å². The van der Waals surface area contributed by atoms with E-state index < -0.39 is 5.79 Å². The van der Waals surface area contributed by atoms with E-state index >= 15 is 0 Å². The van der Waals surface area contributed by atoms with Crippen molar-refractivity contribution in [2.75, 3.05) is 37.9 Å². The van der Waals surface area contributed by atoms with Crippen molar-refractivity contribution >= 4 is 11.6 Å². The summed E-state index contributed by atoms with van der Waals surface area (Å²) in [6.45, 7) is 6.20. The zero-order valence-electron chi connectivity index (χ0n) is 13.0. The van der Waals surface area contributed by atoms with Crippen molar-refractivity contribution < 1.29 is 19.2 Å². The number of fused-ring (bicyclic) bond motifs is 2. The van der Waals surface area contributed by atoms with Crippen LogP contribution in [0.1, 0.15) is 25.3 Å². The highest BCUT2D eigenvalue weighted by atomic mass is 16.7. The van der Waals surface area contributed by atoms with E-state index in [2.05, 4.69) is 6.92 Å². The number of amides is 1. The van der Waals surface area contributed by atoms with Gasteiger partial charge in [-0.25, -0.2) is 0 Å². The highest BCUT2D eigenvalue weighted by Crippen LogP contribution is 2.45. The summed E-state index contributed by atoms with van der Waals surface area (Å²) in [5.74, 6) is -0.515. The van der Waals surface area contributed by atoms with E-state index in [0.717, 1.165) is 30.3 Å². The first-order chi connectivity index (χ1) is 10.7. The number of rotatable bonds is 2. The van der Waals surface area contributed by atoms with Gasteiger partial charge in [0.05, 0.1) is 32.0 Å². The Morgan fingerprint density at radius 3 is 2.86 bits per heavy atom. The van der Waals surface area contributed by atoms with Crippen molar-refractivity contribution in [3.05, 3.63) is 29.8 Å². The van der Waals surface area contributed by atoms with E-state index in [1.165, 1.54) is 17.7 Å². The summed E-state index contributed by atoms with van der Waals surface area (Å²) in [5, 5.41) is 0. The summed E-state index contributed by atoms with van der Waals surface area (Å²) >= 11 is 0. The van der Waals surface area contributed by atoms with Crippen LogP contribution >= 0.6 is 0 Å². The van der Waals surface area contributed by atoms with Crippen LogP contribution in [0.4, 0.5) is 5.69 Å². The predicted molar refractivity (Wildman–Crippen MR) is 81.5 cm³/mol. The van der Waals surface area contributed by atoms with Crippen LogP contribution in [-0.2, 0) is 20.1 Å². The fourth-order valence-corrected chi connectivity index (χ4v) is 4.00. The number of likely N-dealkylation sites (tertiary alicyclic amines) is 1. The monoisotopic (exact) mass is 303 g/mol. The molecule has 3 aliphatic heterocycles. The molecule has 1 spiro atoms. The first kappa shape index (κ1) is 14.2. The molecule has 0 saturated carbocycles. The SMILES string of the molecule is C[C@H]1CCC[NH+](CN2C(=O)C3(OCCO3)c3ccccc32)C1. The molecule has 2 saturated heterocycles. The largest absolute Gasteiger partial charge is 0.336 e. The molecule has 118 valence electrons. The number of piperidine rings is 1. The lowest BCUT2D eigenvalue weighted by Crippen LogP contribution is -3.15. The van der Waals surface area contributed by atoms with E-state index in [0.29, 0.717) is 19.9 Å². The summed E-state index contributed by atoms with van der Waals surface area (Å²) in [6.07, 6.45) is 2.53. The number of anilines is 1. The van der Waals surface area contributed by atoms with Gasteiger partial charge in [-0.2, -0.15) is 0 Å². The van der Waals surface area contributed by atoms with Crippen molar-refractivity contribution in [1.29, 1.82) is 0 Å². The molecule has 1 aromatic carbocycles. The highest BCUT2D eigenvalue weighted by Gasteiger charge is 2.56. The summed E-state index contributed by atoms with van der Waals surface area (Å²) < 4.78 is 11.5. The molecule has 2 fully saturated rings. The zero-order valence-corrected chi connectivity index (χ0v) is 13.0. The van der Waals surface area contributed by atoms with E-state index in [1.54, 1.807) is 0 Å². The lowest BCUT2D eigenvalue weighted by molar-refractivity contribution is -0.907. The Balaban J connectivity index is 1.64. The van der Waals surface area contributed by atoms with Gasteiger partial charge >= 0.3 is 0 Å². The average molecular weight is 303 g/mol. The van der Waals surface area contributed by atoms with Gasteiger partial charge in [0.15, 0.2) is 6.67 Å². The minimum atomic E-state index is -1.18. The topological polar surface area (TPSA) is 43.2 Å². The van der Waals surface area contributed by atoms with Crippen LogP contribution in [0.25, 0.3) is 0 Å². The van der Waals surface area contributed by atoms with Crippen molar-refractivity contribution in [3.63, 3.8) is 0 Å². The Morgan fingerprint density at radius 1 is 1.32 bits per heavy atom. The van der Waals surface area contributed by atoms with E-state index in [-0.39, 0.29) is 5.91 Å². The van der Waals surface area contributed by atoms with Gasteiger partial charge in [-0.05, 0) is 18.9 Å². The van der Waals surface area contributed by atoms with Gasteiger partial charge in [0, 0.05) is 11.5 Å². The molecule has 1 unspecified atom stereocenters. The van der Waals surface area contributed by atoms with E-state index in [9.17, 15) is 4.79 Å². The van der Waals surface area contributed by atoms with Crippen LogP contribution in [-0.4, -0.2) is 38.9 Å². The summed E-state index contributed by atoms with van der Waals surface area (Å²) in [6, 6.07) is 7.87. The van der Waals surface area contributed by atoms with Gasteiger partial charge < -0.3 is 14.4 Å². The Kier molecular flexibility index (Phi) is 3.44. The number of benzene rings is 1. The number of carbonyl (C=O) groups excluding carboxylic acids is 1. The van der Waals surface area contributed by atoms with E-state index in [1.807, 2.05) is 29.2 Å². The minimum absolute atomic E-state index is 0.0584. The third-order valence-corrected chi connectivity index (χ3v) is 5.02. The fourth-order valence-electron chi connectivity index (χ4n) is 4.00. The second-order valence-electron chi connectivity index (χ2n) is 6.67. The van der Waals surface area contributed by atoms with Crippen LogP contribution in [0.2, 0.25) is 0 Å². The molecule has 2 atom stereocenters. The lowest BCUT2D eigenvalue weighted by atomic mass is 10.0. The van der Waals surface area contributed by atoms with Gasteiger partial charge in [-0.15, -0.1) is 0 Å². The molecule has 4 rings (SSSR count). The average Bonchev–Trinajstić information content (AvgIpc) is 3.10. The first-order valence-electron chi connectivity index (χ1n) is 8.24. The minimum Gasteiger partial charge on any atom is -0.336 e. The Hall–Kier alpha value is -1.43. The third kappa shape index (κ3) is 2.07. The second kappa shape index (κ2) is 5.33. The number of carbonyl (C=O) groups is 1. The maximum absolute atomic E-state index is 13.0. The molecule has 1 amide bonds. The molecule has 5 heteroatoms. The second-order valence-corrected chi connectivity index (χ2v) is 6.67. The number of para-hydroxylation sites is 1. The quantitative estimate of drug-likeness (QED) is 0.865. The molecule has 1 aromatic rings. The van der Waals surface area contributed by atoms with Gasteiger partial charge in [-0.3, -0.25) is 9.69 Å². The normalized spacial score (nSPS) is 30.0. The van der Waals surface area contributed by atoms with Crippen LogP contribution in [0.15, 0.2) is 24.3 Å². The Labute approximate surface area is 130 Å². The smallest absolute Gasteiger partial charge is 0.296 e. The van der Waals surface area contributed by atoms with Crippen LogP contribution in [0.3, 0.4) is 0 Å². The fraction of sp³-hybridized carbons (Fsp3) is 0.588. The summed E-state index contributed by atoms with van der Waals surface area (Å²) in [4.78, 5) is 16.3. The van der Waals surface area contributed by atoms with Gasteiger partial charge in [-0.1, -0.05) is 25.1 Å². The number of nitrogens with zero attached hydrogens (tertiary/aromatic N) is 1. The van der Waals surface area contributed by atoms with E-state index in [4.69, 9.17) is 9.47 Å². The summed E-state index contributed by atoms with van der Waals surface area (Å²) in [5.41, 5.74) is 1.81. The molecular formula is C17H23N2O3+. The zero-order chi connectivity index (χ0) is 15.2. The van der Waals surface area contributed by atoms with Crippen molar-refractivity contribution in [3.8, 4) is 0 Å². The number of ether oxygens (including phenoxy) is 2. The molecule has 0 bridgehead atoms. The lowest BCUT2D eigenvalue weighted by Gasteiger charge is -2.31.